The lowest BCUT2D eigenvalue weighted by atomic mass is 10.1. The Morgan fingerprint density at radius 2 is 1.76 bits per heavy atom. The molecule has 0 aliphatic carbocycles. The highest BCUT2D eigenvalue weighted by molar-refractivity contribution is 9.10. The number of benzene rings is 2. The van der Waals surface area contributed by atoms with Gasteiger partial charge in [-0.3, -0.25) is 9.59 Å². The van der Waals surface area contributed by atoms with E-state index in [0.717, 1.165) is 15.9 Å². The summed E-state index contributed by atoms with van der Waals surface area (Å²) in [6, 6.07) is 14.3. The van der Waals surface area contributed by atoms with Crippen molar-refractivity contribution in [2.45, 2.75) is 13.3 Å². The van der Waals surface area contributed by atoms with Gasteiger partial charge >= 0.3 is 5.97 Å². The van der Waals surface area contributed by atoms with E-state index in [4.69, 9.17) is 9.47 Å². The van der Waals surface area contributed by atoms with Crippen molar-refractivity contribution in [2.75, 3.05) is 18.1 Å². The fourth-order valence-corrected chi connectivity index (χ4v) is 2.97. The summed E-state index contributed by atoms with van der Waals surface area (Å²) in [7, 11) is 0. The van der Waals surface area contributed by atoms with Crippen molar-refractivity contribution in [1.29, 1.82) is 0 Å². The molecule has 0 radical (unpaired) electrons. The van der Waals surface area contributed by atoms with Crippen LogP contribution >= 0.6 is 15.9 Å². The summed E-state index contributed by atoms with van der Waals surface area (Å²) in [5.74, 6) is 0.290. The number of carbonyl (C=O) groups excluding carboxylic acids is 2. The molecule has 2 aromatic carbocycles. The summed E-state index contributed by atoms with van der Waals surface area (Å²) >= 11 is 3.33. The maximum Gasteiger partial charge on any atom is 0.316 e. The summed E-state index contributed by atoms with van der Waals surface area (Å²) in [5, 5.41) is 0. The van der Waals surface area contributed by atoms with Gasteiger partial charge in [0.2, 0.25) is 5.91 Å². The second-order valence-corrected chi connectivity index (χ2v) is 6.62. The first kappa shape index (κ1) is 17.5. The zero-order chi connectivity index (χ0) is 17.8. The van der Waals surface area contributed by atoms with Crippen LogP contribution in [0.3, 0.4) is 0 Å². The number of carbonyl (C=O) groups is 2. The minimum absolute atomic E-state index is 0.0816. The second-order valence-electron chi connectivity index (χ2n) is 5.71. The van der Waals surface area contributed by atoms with E-state index < -0.39 is 5.92 Å². The van der Waals surface area contributed by atoms with E-state index >= 15 is 0 Å². The van der Waals surface area contributed by atoms with Crippen LogP contribution in [0.5, 0.6) is 11.5 Å². The van der Waals surface area contributed by atoms with Crippen LogP contribution in [0.15, 0.2) is 53.0 Å². The van der Waals surface area contributed by atoms with Gasteiger partial charge in [0.05, 0.1) is 12.5 Å². The highest BCUT2D eigenvalue weighted by Gasteiger charge is 2.36. The van der Waals surface area contributed by atoms with Crippen molar-refractivity contribution in [2.24, 2.45) is 5.92 Å². The summed E-state index contributed by atoms with van der Waals surface area (Å²) in [5.41, 5.74) is 0.757. The molecule has 1 saturated heterocycles. The van der Waals surface area contributed by atoms with E-state index in [1.54, 1.807) is 29.2 Å². The molecule has 0 unspecified atom stereocenters. The third-order valence-electron chi connectivity index (χ3n) is 3.95. The molecular formula is C19H18BrNO4. The second kappa shape index (κ2) is 7.70. The highest BCUT2D eigenvalue weighted by Crippen LogP contribution is 2.28. The first-order valence-corrected chi connectivity index (χ1v) is 8.86. The number of anilines is 1. The highest BCUT2D eigenvalue weighted by atomic mass is 79.9. The van der Waals surface area contributed by atoms with E-state index in [-0.39, 0.29) is 18.3 Å². The smallest absolute Gasteiger partial charge is 0.316 e. The van der Waals surface area contributed by atoms with Gasteiger partial charge in [-0.25, -0.2) is 0 Å². The largest absolute Gasteiger partial charge is 0.494 e. The number of hydrogen-bond acceptors (Lipinski definition) is 4. The molecule has 0 aromatic heterocycles. The fourth-order valence-electron chi connectivity index (χ4n) is 2.71. The van der Waals surface area contributed by atoms with Crippen molar-refractivity contribution < 1.29 is 19.1 Å². The van der Waals surface area contributed by atoms with Crippen LogP contribution in [-0.2, 0) is 9.59 Å². The Balaban J connectivity index is 1.65. The third kappa shape index (κ3) is 4.20. The average Bonchev–Trinajstić information content (AvgIpc) is 3.00. The van der Waals surface area contributed by atoms with Crippen LogP contribution in [0, 0.1) is 5.92 Å². The molecule has 1 aliphatic rings. The molecule has 0 spiro atoms. The molecule has 1 heterocycles. The quantitative estimate of drug-likeness (QED) is 0.562. The maximum atomic E-state index is 12.3. The number of rotatable bonds is 5. The Morgan fingerprint density at radius 3 is 2.40 bits per heavy atom. The Hall–Kier alpha value is -2.34. The fraction of sp³-hybridized carbons (Fsp3) is 0.263. The minimum atomic E-state index is -0.470. The average molecular weight is 404 g/mol. The van der Waals surface area contributed by atoms with Crippen LogP contribution in [0.2, 0.25) is 0 Å². The van der Waals surface area contributed by atoms with Crippen LogP contribution in [0.1, 0.15) is 13.3 Å². The minimum Gasteiger partial charge on any atom is -0.494 e. The SMILES string of the molecule is CCOc1ccc(N2C[C@@H](C(=O)Oc3ccc(Br)cc3)CC2=O)cc1. The number of ether oxygens (including phenoxy) is 2. The number of halogens is 1. The summed E-state index contributed by atoms with van der Waals surface area (Å²) in [4.78, 5) is 26.2. The monoisotopic (exact) mass is 403 g/mol. The molecule has 1 fully saturated rings. The van der Waals surface area contributed by atoms with Crippen molar-refractivity contribution in [3.05, 3.63) is 53.0 Å². The Bertz CT molecular complexity index is 758. The first-order chi connectivity index (χ1) is 12.1. The Morgan fingerprint density at radius 1 is 1.12 bits per heavy atom. The van der Waals surface area contributed by atoms with Gasteiger partial charge in [-0.2, -0.15) is 0 Å². The molecule has 5 nitrogen and oxygen atoms in total. The van der Waals surface area contributed by atoms with Crippen molar-refractivity contribution >= 4 is 33.5 Å². The standard InChI is InChI=1S/C19H18BrNO4/c1-2-24-16-9-5-15(6-10-16)21-12-13(11-18(21)22)19(23)25-17-7-3-14(20)4-8-17/h3-10,13H,2,11-12H2,1H3/t13-/m0/s1. The predicted molar refractivity (Wildman–Crippen MR) is 97.8 cm³/mol. The third-order valence-corrected chi connectivity index (χ3v) is 4.48. The van der Waals surface area contributed by atoms with E-state index in [9.17, 15) is 9.59 Å². The molecule has 1 atom stereocenters. The topological polar surface area (TPSA) is 55.8 Å². The number of amides is 1. The van der Waals surface area contributed by atoms with Crippen molar-refractivity contribution in [3.63, 3.8) is 0 Å². The van der Waals surface area contributed by atoms with Gasteiger partial charge in [-0.1, -0.05) is 15.9 Å². The van der Waals surface area contributed by atoms with Gasteiger partial charge in [0, 0.05) is 23.1 Å². The molecule has 0 bridgehead atoms. The van der Waals surface area contributed by atoms with Crippen molar-refractivity contribution in [3.8, 4) is 11.5 Å². The Labute approximate surface area is 154 Å². The lowest BCUT2D eigenvalue weighted by Gasteiger charge is -2.17. The first-order valence-electron chi connectivity index (χ1n) is 8.07. The molecule has 0 saturated carbocycles. The lowest BCUT2D eigenvalue weighted by Crippen LogP contribution is -2.27. The van der Waals surface area contributed by atoms with Crippen LogP contribution in [0.4, 0.5) is 5.69 Å². The molecule has 130 valence electrons. The van der Waals surface area contributed by atoms with Gasteiger partial charge in [-0.15, -0.1) is 0 Å². The number of hydrogen-bond donors (Lipinski definition) is 0. The molecule has 0 N–H and O–H groups in total. The summed E-state index contributed by atoms with van der Waals surface area (Å²) in [6.07, 6.45) is 0.155. The zero-order valence-corrected chi connectivity index (χ0v) is 15.4. The number of esters is 1. The van der Waals surface area contributed by atoms with Gasteiger partial charge in [0.25, 0.3) is 0 Å². The zero-order valence-electron chi connectivity index (χ0n) is 13.8. The molecule has 1 amide bonds. The molecule has 3 rings (SSSR count). The van der Waals surface area contributed by atoms with Gasteiger partial charge in [0.1, 0.15) is 11.5 Å². The van der Waals surface area contributed by atoms with Gasteiger partial charge in [0.15, 0.2) is 0 Å². The van der Waals surface area contributed by atoms with E-state index in [1.807, 2.05) is 31.2 Å². The van der Waals surface area contributed by atoms with Crippen LogP contribution in [0.25, 0.3) is 0 Å². The van der Waals surface area contributed by atoms with Crippen molar-refractivity contribution in [1.82, 2.24) is 0 Å². The van der Waals surface area contributed by atoms with E-state index in [0.29, 0.717) is 18.9 Å². The maximum absolute atomic E-state index is 12.3. The number of nitrogens with zero attached hydrogens (tertiary/aromatic N) is 1. The normalized spacial score (nSPS) is 16.8. The predicted octanol–water partition coefficient (Wildman–Crippen LogP) is 3.81. The van der Waals surface area contributed by atoms with E-state index in [2.05, 4.69) is 15.9 Å². The lowest BCUT2D eigenvalue weighted by molar-refractivity contribution is -0.139. The van der Waals surface area contributed by atoms with Crippen LogP contribution < -0.4 is 14.4 Å². The molecule has 1 aliphatic heterocycles. The molecule has 25 heavy (non-hydrogen) atoms. The molecular weight excluding hydrogens is 386 g/mol. The van der Waals surface area contributed by atoms with Gasteiger partial charge < -0.3 is 14.4 Å². The van der Waals surface area contributed by atoms with Crippen LogP contribution in [-0.4, -0.2) is 25.0 Å². The molecule has 2 aromatic rings. The summed E-state index contributed by atoms with van der Waals surface area (Å²) < 4.78 is 11.7. The van der Waals surface area contributed by atoms with Gasteiger partial charge in [-0.05, 0) is 55.5 Å². The van der Waals surface area contributed by atoms with E-state index in [1.165, 1.54) is 0 Å². The molecule has 6 heteroatoms. The Kier molecular flexibility index (Phi) is 5.38. The summed E-state index contributed by atoms with van der Waals surface area (Å²) in [6.45, 7) is 2.83.